The predicted molar refractivity (Wildman–Crippen MR) is 246 cm³/mol. The molecule has 0 saturated heterocycles. The molecule has 2 aliphatic heterocycles. The Bertz CT molecular complexity index is 3250. The van der Waals surface area contributed by atoms with Gasteiger partial charge in [0.2, 0.25) is 69.7 Å². The number of unbranched alkanes of at least 4 members (excludes halogenated alkanes) is 2. The molecule has 2 heterocycles. The molecule has 8 rings (SSSR count). The SMILES string of the molecule is O=S(=O)(Oc1c(F)c(F)c(F)c(F)c1F)c1ccc2c(c1)OCC[C@@H]2c1ccc(C(F)(F)F)cc1CCCCF.O=S(=O)(Oc1c(F)c(F)c(F)c(F)c1F)c1ccc2c(c1)OCC[C@H]2c1ccc(C(F)(F)F)cc1CCCCF. The third kappa shape index (κ3) is 12.8. The van der Waals surface area contributed by atoms with Gasteiger partial charge >= 0.3 is 32.6 Å². The molecule has 0 aromatic heterocycles. The van der Waals surface area contributed by atoms with E-state index in [-0.39, 0.29) is 63.2 Å². The molecule has 0 amide bonds. The van der Waals surface area contributed by atoms with E-state index in [1.807, 2.05) is 0 Å². The first-order chi connectivity index (χ1) is 37.5. The lowest BCUT2D eigenvalue weighted by molar-refractivity contribution is -0.138. The maximum Gasteiger partial charge on any atom is 0.416 e. The average Bonchev–Trinajstić information content (AvgIpc) is 3.42. The van der Waals surface area contributed by atoms with Crippen LogP contribution in [0.25, 0.3) is 0 Å². The Morgan fingerprint density at radius 1 is 0.425 bits per heavy atom. The van der Waals surface area contributed by atoms with E-state index in [1.54, 1.807) is 0 Å². The van der Waals surface area contributed by atoms with Gasteiger partial charge in [0.15, 0.2) is 0 Å². The maximum atomic E-state index is 14.0. The second-order valence-corrected chi connectivity index (χ2v) is 20.9. The molecule has 28 heteroatoms. The van der Waals surface area contributed by atoms with Crippen molar-refractivity contribution >= 4 is 20.2 Å². The third-order valence-corrected chi connectivity index (χ3v) is 15.1. The highest BCUT2D eigenvalue weighted by atomic mass is 32.2. The molecular weight excluding hydrogens is 1160 g/mol. The summed E-state index contributed by atoms with van der Waals surface area (Å²) >= 11 is 0. The standard InChI is InChI=1S/2C26H19F9O4S/c2*27-9-2-1-3-13-11-14(26(33,34)35)4-6-16(13)17-8-10-38-19-12-15(5-7-18(17)19)40(36,37)39-25-23(31)21(29)20(28)22(30)24(25)32/h2*4-7,11-12,17H,1-3,8-10H2/t2*17-/m10/s1. The van der Waals surface area contributed by atoms with Crippen LogP contribution in [-0.4, -0.2) is 43.4 Å². The van der Waals surface area contributed by atoms with Crippen molar-refractivity contribution in [2.75, 3.05) is 26.6 Å². The second kappa shape index (κ2) is 24.1. The van der Waals surface area contributed by atoms with Crippen LogP contribution in [-0.2, 0) is 45.4 Å². The molecule has 0 saturated carbocycles. The lowest BCUT2D eigenvalue weighted by Gasteiger charge is -2.29. The van der Waals surface area contributed by atoms with Crippen LogP contribution in [0, 0.1) is 58.2 Å². The highest BCUT2D eigenvalue weighted by molar-refractivity contribution is 7.87. The Balaban J connectivity index is 0.000000231. The molecular formula is C52H38F18O8S2. The van der Waals surface area contributed by atoms with Crippen LogP contribution >= 0.6 is 0 Å². The minimum atomic E-state index is -5.14. The molecule has 432 valence electrons. The van der Waals surface area contributed by atoms with Gasteiger partial charge in [0.1, 0.15) is 21.3 Å². The number of fused-ring (bicyclic) bond motifs is 2. The molecule has 6 aromatic rings. The van der Waals surface area contributed by atoms with Crippen molar-refractivity contribution in [3.05, 3.63) is 175 Å². The maximum absolute atomic E-state index is 14.0. The van der Waals surface area contributed by atoms with Crippen molar-refractivity contribution < 1.29 is 114 Å². The molecule has 0 aliphatic carbocycles. The summed E-state index contributed by atoms with van der Waals surface area (Å²) in [6, 6.07) is 12.6. The molecule has 2 aliphatic rings. The van der Waals surface area contributed by atoms with Gasteiger partial charge in [-0.25, -0.2) is 26.3 Å². The summed E-state index contributed by atoms with van der Waals surface area (Å²) in [4.78, 5) is -1.49. The predicted octanol–water partition coefficient (Wildman–Crippen LogP) is 14.8. The van der Waals surface area contributed by atoms with Crippen LogP contribution in [0.15, 0.2) is 82.6 Å². The zero-order valence-electron chi connectivity index (χ0n) is 40.5. The Morgan fingerprint density at radius 2 is 0.738 bits per heavy atom. The average molecular weight is 1200 g/mol. The fourth-order valence-electron chi connectivity index (χ4n) is 8.83. The number of ether oxygens (including phenoxy) is 2. The molecule has 0 N–H and O–H groups in total. The Morgan fingerprint density at radius 3 is 1.05 bits per heavy atom. The van der Waals surface area contributed by atoms with Gasteiger partial charge < -0.3 is 17.8 Å². The highest BCUT2D eigenvalue weighted by Gasteiger charge is 2.37. The van der Waals surface area contributed by atoms with E-state index in [2.05, 4.69) is 8.37 Å². The number of aryl methyl sites for hydroxylation is 2. The number of hydrogen-bond acceptors (Lipinski definition) is 8. The molecule has 6 aromatic carbocycles. The molecule has 0 unspecified atom stereocenters. The van der Waals surface area contributed by atoms with Crippen LogP contribution in [0.3, 0.4) is 0 Å². The second-order valence-electron chi connectivity index (χ2n) is 17.8. The lowest BCUT2D eigenvalue weighted by Crippen LogP contribution is -2.19. The van der Waals surface area contributed by atoms with Gasteiger partial charge in [-0.2, -0.15) is 60.7 Å². The Hall–Kier alpha value is -6.84. The number of alkyl halides is 8. The van der Waals surface area contributed by atoms with Crippen LogP contribution in [0.2, 0.25) is 0 Å². The fraction of sp³-hybridized carbons (Fsp3) is 0.308. The summed E-state index contributed by atoms with van der Waals surface area (Å²) in [6.07, 6.45) is -7.48. The molecule has 0 radical (unpaired) electrons. The van der Waals surface area contributed by atoms with Crippen LogP contribution in [0.1, 0.15) is 94.9 Å². The summed E-state index contributed by atoms with van der Waals surface area (Å²) in [5, 5.41) is 0. The van der Waals surface area contributed by atoms with Crippen molar-refractivity contribution in [3.63, 3.8) is 0 Å². The van der Waals surface area contributed by atoms with E-state index < -0.39 is 148 Å². The highest BCUT2D eigenvalue weighted by Crippen LogP contribution is 2.45. The first-order valence-electron chi connectivity index (χ1n) is 23.5. The van der Waals surface area contributed by atoms with E-state index in [9.17, 15) is 95.9 Å². The van der Waals surface area contributed by atoms with Crippen molar-refractivity contribution in [1.82, 2.24) is 0 Å². The summed E-state index contributed by atoms with van der Waals surface area (Å²) < 4.78 is 312. The summed E-state index contributed by atoms with van der Waals surface area (Å²) in [7, 11) is -10.3. The van der Waals surface area contributed by atoms with Crippen molar-refractivity contribution in [3.8, 4) is 23.0 Å². The van der Waals surface area contributed by atoms with E-state index in [1.165, 1.54) is 24.3 Å². The fourth-order valence-corrected chi connectivity index (χ4v) is 10.7. The van der Waals surface area contributed by atoms with Crippen LogP contribution in [0.5, 0.6) is 23.0 Å². The summed E-state index contributed by atoms with van der Waals surface area (Å²) in [5.74, 6) is -29.8. The van der Waals surface area contributed by atoms with E-state index in [0.717, 1.165) is 48.5 Å². The topological polar surface area (TPSA) is 105 Å². The number of benzene rings is 6. The van der Waals surface area contributed by atoms with Gasteiger partial charge in [-0.1, -0.05) is 24.3 Å². The quantitative estimate of drug-likeness (QED) is 0.0310. The van der Waals surface area contributed by atoms with Gasteiger partial charge in [0, 0.05) is 35.1 Å². The minimum Gasteiger partial charge on any atom is -0.493 e. The van der Waals surface area contributed by atoms with Gasteiger partial charge in [0.25, 0.3) is 0 Å². The molecule has 0 spiro atoms. The zero-order valence-corrected chi connectivity index (χ0v) is 42.1. The molecule has 0 bridgehead atoms. The summed E-state index contributed by atoms with van der Waals surface area (Å²) in [5.41, 5.74) is 0.603. The van der Waals surface area contributed by atoms with Gasteiger partial charge in [-0.15, -0.1) is 0 Å². The first-order valence-corrected chi connectivity index (χ1v) is 26.3. The summed E-state index contributed by atoms with van der Waals surface area (Å²) in [6.45, 7) is -1.27. The van der Waals surface area contributed by atoms with E-state index in [4.69, 9.17) is 9.47 Å². The minimum absolute atomic E-state index is 0.00457. The normalized spacial score (nSPS) is 15.5. The van der Waals surface area contributed by atoms with E-state index in [0.29, 0.717) is 46.2 Å². The first kappa shape index (κ1) is 60.8. The third-order valence-electron chi connectivity index (χ3n) is 12.7. The smallest absolute Gasteiger partial charge is 0.416 e. The molecule has 0 fully saturated rings. The van der Waals surface area contributed by atoms with Crippen molar-refractivity contribution in [2.24, 2.45) is 0 Å². The van der Waals surface area contributed by atoms with Crippen molar-refractivity contribution in [1.29, 1.82) is 0 Å². The van der Waals surface area contributed by atoms with Gasteiger partial charge in [-0.3, -0.25) is 8.78 Å². The largest absolute Gasteiger partial charge is 0.493 e. The number of halogens is 18. The van der Waals surface area contributed by atoms with Crippen LogP contribution in [0.4, 0.5) is 79.0 Å². The zero-order chi connectivity index (χ0) is 58.8. The number of rotatable bonds is 16. The van der Waals surface area contributed by atoms with Crippen LogP contribution < -0.4 is 17.8 Å². The molecule has 80 heavy (non-hydrogen) atoms. The van der Waals surface area contributed by atoms with Gasteiger partial charge in [0.05, 0.1) is 37.7 Å². The lowest BCUT2D eigenvalue weighted by atomic mass is 9.82. The Kier molecular flexibility index (Phi) is 18.3. The molecule has 2 atom stereocenters. The molecule has 8 nitrogen and oxygen atoms in total. The van der Waals surface area contributed by atoms with E-state index >= 15 is 0 Å². The Labute approximate surface area is 443 Å². The number of hydrogen-bond donors (Lipinski definition) is 0. The van der Waals surface area contributed by atoms with Gasteiger partial charge in [-0.05, 0) is 110 Å². The monoisotopic (exact) mass is 1200 g/mol. The van der Waals surface area contributed by atoms with Crippen molar-refractivity contribution in [2.45, 2.75) is 85.3 Å².